The average Bonchev–Trinajstić information content (AvgIpc) is 4.10. The lowest BCUT2D eigenvalue weighted by molar-refractivity contribution is -0.132. The number of H-pyrrole nitrogens is 2. The quantitative estimate of drug-likeness (QED) is 0.106. The van der Waals surface area contributed by atoms with Crippen molar-refractivity contribution in [1.29, 1.82) is 0 Å². The Bertz CT molecular complexity index is 2330. The lowest BCUT2D eigenvalue weighted by Gasteiger charge is -2.23. The number of carbonyl (C=O) groups is 2. The summed E-state index contributed by atoms with van der Waals surface area (Å²) in [5, 5.41) is 0. The highest BCUT2D eigenvalue weighted by Crippen LogP contribution is 2.41. The number of likely N-dealkylation sites (tertiary alicyclic amines) is 1. The van der Waals surface area contributed by atoms with Crippen LogP contribution in [-0.4, -0.2) is 57.3 Å². The second kappa shape index (κ2) is 19.9. The Morgan fingerprint density at radius 3 is 2.00 bits per heavy atom. The molecule has 1 saturated heterocycles. The van der Waals surface area contributed by atoms with Crippen molar-refractivity contribution in [3.8, 4) is 45.5 Å². The maximum absolute atomic E-state index is 13.4. The zero-order chi connectivity index (χ0) is 39.1. The van der Waals surface area contributed by atoms with Crippen molar-refractivity contribution < 1.29 is 23.8 Å². The maximum atomic E-state index is 13.4. The van der Waals surface area contributed by atoms with Gasteiger partial charge in [-0.15, -0.1) is 24.8 Å². The van der Waals surface area contributed by atoms with E-state index < -0.39 is 0 Å². The maximum Gasteiger partial charge on any atom is 0.223 e. The third-order valence-electron chi connectivity index (χ3n) is 11.5. The van der Waals surface area contributed by atoms with Crippen LogP contribution in [0.5, 0.6) is 23.0 Å². The molecular weight excluding hydrogens is 785 g/mol. The van der Waals surface area contributed by atoms with Gasteiger partial charge in [-0.3, -0.25) is 9.59 Å². The van der Waals surface area contributed by atoms with Gasteiger partial charge in [0.15, 0.2) is 0 Å². The number of nitrogens with one attached hydrogen (secondary N) is 2. The van der Waals surface area contributed by atoms with Gasteiger partial charge < -0.3 is 29.1 Å². The molecule has 0 spiro atoms. The molecule has 8 rings (SSSR count). The standard InChI is InChI=1S/C47H49N5O5.2ClH/c1-55-36-11-3-8-31(26-36)17-23-44(53)39-14-6-15-40(39)46-48-30-42(50-46)34-10-5-13-38(28-34)57-35-21-19-33(20-22-35)41-29-49-47(51-41)43-16-7-25-52(43)45(54)24-18-32-9-4-12-37(27-32)56-2;;/h3-5,8-13,19-22,26-30,39-40,43H,6-7,14-18,23-25H2,1-2H3,(H,48,50)(H,49,51);2*1H/t39?,40-,43+;;/m1../s1. The molecule has 1 amide bonds. The summed E-state index contributed by atoms with van der Waals surface area (Å²) in [4.78, 5) is 45.2. The van der Waals surface area contributed by atoms with E-state index >= 15 is 0 Å². The second-order valence-corrected chi connectivity index (χ2v) is 15.1. The second-order valence-electron chi connectivity index (χ2n) is 15.1. The van der Waals surface area contributed by atoms with E-state index in [0.717, 1.165) is 95.4 Å². The Morgan fingerprint density at radius 1 is 0.661 bits per heavy atom. The van der Waals surface area contributed by atoms with Gasteiger partial charge in [0.05, 0.1) is 44.0 Å². The summed E-state index contributed by atoms with van der Waals surface area (Å²) >= 11 is 0. The van der Waals surface area contributed by atoms with E-state index in [0.29, 0.717) is 43.0 Å². The summed E-state index contributed by atoms with van der Waals surface area (Å²) in [6.07, 6.45) is 10.7. The molecule has 3 atom stereocenters. The fraction of sp³-hybridized carbons (Fsp3) is 0.319. The molecule has 10 nitrogen and oxygen atoms in total. The van der Waals surface area contributed by atoms with Crippen LogP contribution in [0.4, 0.5) is 0 Å². The zero-order valence-corrected chi connectivity index (χ0v) is 35.0. The molecule has 4 aromatic carbocycles. The van der Waals surface area contributed by atoms with Crippen LogP contribution >= 0.6 is 24.8 Å². The van der Waals surface area contributed by atoms with Gasteiger partial charge in [0.1, 0.15) is 40.4 Å². The van der Waals surface area contributed by atoms with Crippen LogP contribution in [0, 0.1) is 5.92 Å². The van der Waals surface area contributed by atoms with Gasteiger partial charge in [0, 0.05) is 36.8 Å². The highest BCUT2D eigenvalue weighted by molar-refractivity contribution is 5.85. The molecule has 2 fully saturated rings. The van der Waals surface area contributed by atoms with Gasteiger partial charge in [0.2, 0.25) is 5.91 Å². The fourth-order valence-corrected chi connectivity index (χ4v) is 8.42. The Balaban J connectivity index is 0.00000293. The highest BCUT2D eigenvalue weighted by atomic mass is 35.5. The molecule has 1 aliphatic heterocycles. The summed E-state index contributed by atoms with van der Waals surface area (Å²) < 4.78 is 17.0. The molecule has 308 valence electrons. The number of methoxy groups -OCH3 is 2. The molecule has 1 aliphatic carbocycles. The molecule has 2 N–H and O–H groups in total. The SMILES string of the molecule is COc1cccc(CCC(=O)C2CCC[C@H]2c2ncc(-c3cccc(Oc4ccc(-c5cnc([C@@H]6CCCN6C(=O)CCc6cccc(OC)c6)[nH]5)cc4)c3)[nH]2)c1.Cl.Cl. The Kier molecular flexibility index (Phi) is 14.5. The Morgan fingerprint density at radius 2 is 1.29 bits per heavy atom. The van der Waals surface area contributed by atoms with Gasteiger partial charge in [-0.05, 0) is 116 Å². The van der Waals surface area contributed by atoms with E-state index in [1.807, 2.05) is 114 Å². The largest absolute Gasteiger partial charge is 0.497 e. The van der Waals surface area contributed by atoms with Crippen molar-refractivity contribution in [2.75, 3.05) is 20.8 Å². The number of nitrogens with zero attached hydrogens (tertiary/aromatic N) is 3. The van der Waals surface area contributed by atoms with E-state index in [9.17, 15) is 9.59 Å². The number of carbonyl (C=O) groups excluding carboxylic acids is 2. The van der Waals surface area contributed by atoms with E-state index in [4.69, 9.17) is 24.2 Å². The number of halogens is 2. The molecule has 59 heavy (non-hydrogen) atoms. The van der Waals surface area contributed by atoms with Crippen LogP contribution in [0.1, 0.15) is 79.7 Å². The number of ether oxygens (including phenoxy) is 3. The molecule has 2 aliphatic rings. The van der Waals surface area contributed by atoms with Gasteiger partial charge in [0.25, 0.3) is 0 Å². The van der Waals surface area contributed by atoms with E-state index in [1.54, 1.807) is 14.2 Å². The van der Waals surface area contributed by atoms with Crippen LogP contribution < -0.4 is 14.2 Å². The molecule has 0 radical (unpaired) electrons. The lowest BCUT2D eigenvalue weighted by Crippen LogP contribution is -2.31. The predicted molar refractivity (Wildman–Crippen MR) is 234 cm³/mol. The molecule has 1 saturated carbocycles. The number of imidazole rings is 2. The summed E-state index contributed by atoms with van der Waals surface area (Å²) in [6.45, 7) is 0.737. The van der Waals surface area contributed by atoms with Crippen molar-refractivity contribution in [3.63, 3.8) is 0 Å². The van der Waals surface area contributed by atoms with Crippen LogP contribution in [0.15, 0.2) is 109 Å². The lowest BCUT2D eigenvalue weighted by atomic mass is 9.88. The predicted octanol–water partition coefficient (Wildman–Crippen LogP) is 10.5. The number of aromatic nitrogens is 4. The molecule has 1 unspecified atom stereocenters. The first-order valence-electron chi connectivity index (χ1n) is 20.0. The third-order valence-corrected chi connectivity index (χ3v) is 11.5. The van der Waals surface area contributed by atoms with Crippen LogP contribution in [0.25, 0.3) is 22.5 Å². The molecule has 6 aromatic rings. The van der Waals surface area contributed by atoms with Crippen molar-refractivity contribution >= 4 is 36.5 Å². The number of hydrogen-bond donors (Lipinski definition) is 2. The normalized spacial score (nSPS) is 17.2. The third kappa shape index (κ3) is 10.2. The van der Waals surface area contributed by atoms with Crippen molar-refractivity contribution in [3.05, 3.63) is 132 Å². The van der Waals surface area contributed by atoms with E-state index in [1.165, 1.54) is 0 Å². The van der Waals surface area contributed by atoms with Crippen molar-refractivity contribution in [2.24, 2.45) is 5.92 Å². The number of aromatic amines is 2. The van der Waals surface area contributed by atoms with Crippen LogP contribution in [-0.2, 0) is 22.4 Å². The number of aryl methyl sites for hydroxylation is 2. The summed E-state index contributed by atoms with van der Waals surface area (Å²) in [5.41, 5.74) is 5.94. The Labute approximate surface area is 357 Å². The number of ketones is 1. The summed E-state index contributed by atoms with van der Waals surface area (Å²) in [5.74, 6) is 5.25. The van der Waals surface area contributed by atoms with Crippen molar-refractivity contribution in [2.45, 2.75) is 69.7 Å². The molecular formula is C47H51Cl2N5O5. The van der Waals surface area contributed by atoms with E-state index in [-0.39, 0.29) is 48.6 Å². The smallest absolute Gasteiger partial charge is 0.223 e. The first-order valence-corrected chi connectivity index (χ1v) is 20.0. The minimum absolute atomic E-state index is 0. The first-order chi connectivity index (χ1) is 27.9. The molecule has 2 aromatic heterocycles. The molecule has 0 bridgehead atoms. The average molecular weight is 837 g/mol. The number of hydrogen-bond acceptors (Lipinski definition) is 7. The Hall–Kier alpha value is -5.58. The van der Waals surface area contributed by atoms with Gasteiger partial charge >= 0.3 is 0 Å². The fourth-order valence-electron chi connectivity index (χ4n) is 8.42. The molecule has 12 heteroatoms. The summed E-state index contributed by atoms with van der Waals surface area (Å²) in [6, 6.07) is 31.7. The zero-order valence-electron chi connectivity index (χ0n) is 33.4. The highest BCUT2D eigenvalue weighted by Gasteiger charge is 2.35. The van der Waals surface area contributed by atoms with Crippen LogP contribution in [0.2, 0.25) is 0 Å². The van der Waals surface area contributed by atoms with Gasteiger partial charge in [-0.1, -0.05) is 42.8 Å². The number of rotatable bonds is 15. The molecule has 3 heterocycles. The van der Waals surface area contributed by atoms with Gasteiger partial charge in [-0.25, -0.2) is 9.97 Å². The number of amides is 1. The minimum Gasteiger partial charge on any atom is -0.497 e. The van der Waals surface area contributed by atoms with E-state index in [2.05, 4.69) is 9.97 Å². The van der Waals surface area contributed by atoms with Gasteiger partial charge in [-0.2, -0.15) is 0 Å². The topological polar surface area (TPSA) is 122 Å². The summed E-state index contributed by atoms with van der Waals surface area (Å²) in [7, 11) is 3.32. The van der Waals surface area contributed by atoms with Crippen LogP contribution in [0.3, 0.4) is 0 Å². The van der Waals surface area contributed by atoms with Crippen molar-refractivity contribution in [1.82, 2.24) is 24.8 Å². The monoisotopic (exact) mass is 835 g/mol. The number of Topliss-reactive ketones (excluding diaryl/α,β-unsaturated/α-hetero) is 1. The number of benzene rings is 4. The first kappa shape index (κ1) is 43.0. The minimum atomic E-state index is -0.0603.